The van der Waals surface area contributed by atoms with Crippen molar-refractivity contribution in [1.82, 2.24) is 19.5 Å². The molecular weight excluding hydrogens is 383 g/mol. The molecule has 3 heterocycles. The second-order valence-electron chi connectivity index (χ2n) is 6.76. The van der Waals surface area contributed by atoms with Crippen LogP contribution in [0.5, 0.6) is 0 Å². The van der Waals surface area contributed by atoms with Crippen molar-refractivity contribution in [2.75, 3.05) is 43.5 Å². The standard InChI is InChI=1S/C19H22ClFN6O/c1-13(26-6-8-28-9-7-26)12-22-19-11-17(25-18-4-5-23-27(18)19)24-16-10-14(20)2-3-15(16)21/h2-5,10-11,13,22H,6-9,12H2,1H3,(H,24,25). The second-order valence-corrected chi connectivity index (χ2v) is 7.19. The Bertz CT molecular complexity index is 959. The van der Waals surface area contributed by atoms with Crippen LogP contribution in [-0.2, 0) is 4.74 Å². The largest absolute Gasteiger partial charge is 0.379 e. The number of aromatic nitrogens is 3. The van der Waals surface area contributed by atoms with Crippen LogP contribution in [0.4, 0.5) is 21.7 Å². The zero-order chi connectivity index (χ0) is 19.5. The van der Waals surface area contributed by atoms with E-state index in [1.807, 2.05) is 6.07 Å². The third-order valence-electron chi connectivity index (χ3n) is 4.80. The van der Waals surface area contributed by atoms with Gasteiger partial charge < -0.3 is 15.4 Å². The van der Waals surface area contributed by atoms with Crippen LogP contribution < -0.4 is 10.6 Å². The summed E-state index contributed by atoms with van der Waals surface area (Å²) in [5.74, 6) is 0.894. The van der Waals surface area contributed by atoms with Gasteiger partial charge in [-0.3, -0.25) is 4.90 Å². The second kappa shape index (κ2) is 8.30. The number of hydrogen-bond donors (Lipinski definition) is 2. The summed E-state index contributed by atoms with van der Waals surface area (Å²) in [6.07, 6.45) is 1.68. The highest BCUT2D eigenvalue weighted by Crippen LogP contribution is 2.25. The molecule has 2 aromatic heterocycles. The summed E-state index contributed by atoms with van der Waals surface area (Å²) < 4.78 is 21.2. The maximum absolute atomic E-state index is 14.1. The zero-order valence-electron chi connectivity index (χ0n) is 15.5. The number of halogens is 2. The number of anilines is 3. The molecule has 0 radical (unpaired) electrons. The van der Waals surface area contributed by atoms with Crippen molar-refractivity contribution in [3.05, 3.63) is 47.4 Å². The highest BCUT2D eigenvalue weighted by molar-refractivity contribution is 6.30. The van der Waals surface area contributed by atoms with Crippen LogP contribution in [0.15, 0.2) is 36.5 Å². The lowest BCUT2D eigenvalue weighted by atomic mass is 10.2. The van der Waals surface area contributed by atoms with Crippen molar-refractivity contribution in [2.24, 2.45) is 0 Å². The molecule has 1 saturated heterocycles. The van der Waals surface area contributed by atoms with Crippen molar-refractivity contribution >= 4 is 34.6 Å². The lowest BCUT2D eigenvalue weighted by molar-refractivity contribution is 0.0227. The molecule has 7 nitrogen and oxygen atoms in total. The Morgan fingerprint density at radius 2 is 2.07 bits per heavy atom. The van der Waals surface area contributed by atoms with Crippen molar-refractivity contribution in [2.45, 2.75) is 13.0 Å². The molecule has 148 valence electrons. The summed E-state index contributed by atoms with van der Waals surface area (Å²) >= 11 is 5.98. The Hall–Kier alpha value is -2.42. The Kier molecular flexibility index (Phi) is 5.61. The van der Waals surface area contributed by atoms with Crippen LogP contribution in [0.2, 0.25) is 5.02 Å². The topological polar surface area (TPSA) is 66.7 Å². The number of nitrogens with one attached hydrogen (secondary N) is 2. The minimum absolute atomic E-state index is 0.275. The lowest BCUT2D eigenvalue weighted by Crippen LogP contribution is -2.45. The number of fused-ring (bicyclic) bond motifs is 1. The van der Waals surface area contributed by atoms with Gasteiger partial charge in [0.1, 0.15) is 17.5 Å². The number of morpholine rings is 1. The van der Waals surface area contributed by atoms with Gasteiger partial charge in [-0.1, -0.05) is 11.6 Å². The average molecular weight is 405 g/mol. The smallest absolute Gasteiger partial charge is 0.159 e. The molecule has 0 amide bonds. The van der Waals surface area contributed by atoms with E-state index in [2.05, 4.69) is 32.5 Å². The Labute approximate surface area is 167 Å². The van der Waals surface area contributed by atoms with E-state index >= 15 is 0 Å². The molecule has 4 rings (SSSR count). The molecule has 2 N–H and O–H groups in total. The number of nitrogens with zero attached hydrogens (tertiary/aromatic N) is 4. The highest BCUT2D eigenvalue weighted by atomic mass is 35.5. The predicted octanol–water partition coefficient (Wildman–Crippen LogP) is 3.40. The third-order valence-corrected chi connectivity index (χ3v) is 5.03. The van der Waals surface area contributed by atoms with Gasteiger partial charge in [0.25, 0.3) is 0 Å². The average Bonchev–Trinajstić information content (AvgIpc) is 3.18. The highest BCUT2D eigenvalue weighted by Gasteiger charge is 2.17. The Morgan fingerprint density at radius 1 is 1.25 bits per heavy atom. The molecule has 1 fully saturated rings. The van der Waals surface area contributed by atoms with E-state index in [4.69, 9.17) is 16.3 Å². The van der Waals surface area contributed by atoms with Gasteiger partial charge in [-0.05, 0) is 25.1 Å². The fourth-order valence-corrected chi connectivity index (χ4v) is 3.41. The first-order valence-electron chi connectivity index (χ1n) is 9.23. The summed E-state index contributed by atoms with van der Waals surface area (Å²) in [7, 11) is 0. The van der Waals surface area contributed by atoms with Crippen LogP contribution in [-0.4, -0.2) is 58.4 Å². The first-order chi connectivity index (χ1) is 13.6. The maximum Gasteiger partial charge on any atom is 0.159 e. The fraction of sp³-hybridized carbons (Fsp3) is 0.368. The Morgan fingerprint density at radius 3 is 2.89 bits per heavy atom. The number of ether oxygens (including phenoxy) is 1. The third kappa shape index (κ3) is 4.19. The monoisotopic (exact) mass is 404 g/mol. The summed E-state index contributed by atoms with van der Waals surface area (Å²) in [4.78, 5) is 6.88. The molecule has 9 heteroatoms. The van der Waals surface area contributed by atoms with Gasteiger partial charge in [0.2, 0.25) is 0 Å². The van der Waals surface area contributed by atoms with E-state index in [-0.39, 0.29) is 5.69 Å². The first-order valence-corrected chi connectivity index (χ1v) is 9.60. The quantitative estimate of drug-likeness (QED) is 0.656. The van der Waals surface area contributed by atoms with Gasteiger partial charge in [0.05, 0.1) is 25.1 Å². The minimum atomic E-state index is -0.393. The lowest BCUT2D eigenvalue weighted by Gasteiger charge is -2.32. The van der Waals surface area contributed by atoms with E-state index in [9.17, 15) is 4.39 Å². The molecule has 28 heavy (non-hydrogen) atoms. The summed E-state index contributed by atoms with van der Waals surface area (Å²) in [5, 5.41) is 11.2. The number of benzene rings is 1. The molecule has 0 spiro atoms. The SMILES string of the molecule is CC(CNc1cc(Nc2cc(Cl)ccc2F)nc2ccnn12)N1CCOCC1. The number of hydrogen-bond acceptors (Lipinski definition) is 6. The molecule has 0 bridgehead atoms. The maximum atomic E-state index is 14.1. The van der Waals surface area contributed by atoms with Crippen molar-refractivity contribution in [1.29, 1.82) is 0 Å². The minimum Gasteiger partial charge on any atom is -0.379 e. The Balaban J connectivity index is 1.54. The van der Waals surface area contributed by atoms with Crippen LogP contribution >= 0.6 is 11.6 Å². The molecule has 1 atom stereocenters. The molecule has 1 aliphatic rings. The number of rotatable bonds is 6. The van der Waals surface area contributed by atoms with Gasteiger partial charge >= 0.3 is 0 Å². The summed E-state index contributed by atoms with van der Waals surface area (Å²) in [5.41, 5.74) is 0.936. The van der Waals surface area contributed by atoms with E-state index in [0.717, 1.165) is 38.7 Å². The van der Waals surface area contributed by atoms with Crippen molar-refractivity contribution in [3.63, 3.8) is 0 Å². The van der Waals surface area contributed by atoms with E-state index in [1.165, 1.54) is 18.2 Å². The molecule has 1 aromatic carbocycles. The molecule has 1 unspecified atom stereocenters. The van der Waals surface area contributed by atoms with Gasteiger partial charge in [-0.2, -0.15) is 9.61 Å². The van der Waals surface area contributed by atoms with E-state index in [0.29, 0.717) is 22.5 Å². The van der Waals surface area contributed by atoms with E-state index in [1.54, 1.807) is 16.8 Å². The van der Waals surface area contributed by atoms with Gasteiger partial charge in [0.15, 0.2) is 5.65 Å². The molecule has 0 aliphatic carbocycles. The summed E-state index contributed by atoms with van der Waals surface area (Å²) in [6.45, 7) is 6.31. The van der Waals surface area contributed by atoms with E-state index < -0.39 is 5.82 Å². The van der Waals surface area contributed by atoms with Crippen LogP contribution in [0.1, 0.15) is 6.92 Å². The first kappa shape index (κ1) is 18.9. The zero-order valence-corrected chi connectivity index (χ0v) is 16.3. The van der Waals surface area contributed by atoms with Gasteiger partial charge in [0, 0.05) is 42.8 Å². The van der Waals surface area contributed by atoms with Crippen LogP contribution in [0, 0.1) is 5.82 Å². The fourth-order valence-electron chi connectivity index (χ4n) is 3.23. The summed E-state index contributed by atoms with van der Waals surface area (Å²) in [6, 6.07) is 8.32. The predicted molar refractivity (Wildman–Crippen MR) is 108 cm³/mol. The molecule has 3 aromatic rings. The molecule has 0 saturated carbocycles. The van der Waals surface area contributed by atoms with Crippen molar-refractivity contribution < 1.29 is 9.13 Å². The van der Waals surface area contributed by atoms with Gasteiger partial charge in [-0.15, -0.1) is 0 Å². The molecule has 1 aliphatic heterocycles. The normalized spacial score (nSPS) is 16.2. The van der Waals surface area contributed by atoms with Gasteiger partial charge in [-0.25, -0.2) is 9.37 Å². The molecular formula is C19H22ClFN6O. The van der Waals surface area contributed by atoms with Crippen molar-refractivity contribution in [3.8, 4) is 0 Å². The van der Waals surface area contributed by atoms with Crippen LogP contribution in [0.3, 0.4) is 0 Å². The van der Waals surface area contributed by atoms with Crippen LogP contribution in [0.25, 0.3) is 5.65 Å².